The molecule has 0 radical (unpaired) electrons. The maximum atomic E-state index is 12.8. The molecule has 0 saturated carbocycles. The molecule has 1 aromatic carbocycles. The van der Waals surface area contributed by atoms with Crippen LogP contribution < -0.4 is 5.32 Å². The number of benzene rings is 1. The number of imide groups is 2. The monoisotopic (exact) mass is 846 g/mol. The van der Waals surface area contributed by atoms with Gasteiger partial charge in [-0.15, -0.1) is 0 Å². The minimum absolute atomic E-state index is 0.0426. The maximum absolute atomic E-state index is 12.8. The number of allylic oxidation sites excluding steroid dienone is 4. The Kier molecular flexibility index (Phi) is 13.0. The summed E-state index contributed by atoms with van der Waals surface area (Å²) in [5.74, 6) is -0.372. The van der Waals surface area contributed by atoms with Crippen LogP contribution in [0.4, 0.5) is 0 Å². The first-order valence-electron chi connectivity index (χ1n) is 23.0. The van der Waals surface area contributed by atoms with Gasteiger partial charge >= 0.3 is 0 Å². The van der Waals surface area contributed by atoms with Gasteiger partial charge in [-0.05, 0) is 113 Å². The topological polar surface area (TPSA) is 134 Å². The summed E-state index contributed by atoms with van der Waals surface area (Å²) in [7, 11) is 2.09. The van der Waals surface area contributed by atoms with Gasteiger partial charge in [0.1, 0.15) is 5.82 Å². The van der Waals surface area contributed by atoms with Gasteiger partial charge in [0.2, 0.25) is 23.6 Å². The number of aromatic nitrogens is 4. The Labute approximate surface area is 369 Å². The Morgan fingerprint density at radius 3 is 1.83 bits per heavy atom. The minimum Gasteiger partial charge on any atom is -0.330 e. The number of pyridine rings is 2. The second kappa shape index (κ2) is 19.3. The SMILES string of the molecule is Cn1c(CN(CCCCN2C(=O)C3C=CC=CC3C2=O)C2CCCc3cccnc32)nc2ccccc21.O=C1C2C=CC=CC2C(=O)N1CCCCNC1CCCc2cccnc21. The van der Waals surface area contributed by atoms with Crippen molar-refractivity contribution >= 4 is 34.7 Å². The highest BCUT2D eigenvalue weighted by atomic mass is 16.2. The van der Waals surface area contributed by atoms with Gasteiger partial charge in [-0.2, -0.15) is 0 Å². The first-order chi connectivity index (χ1) is 30.9. The molecule has 4 aromatic rings. The summed E-state index contributed by atoms with van der Waals surface area (Å²) in [5, 5.41) is 3.60. The van der Waals surface area contributed by atoms with Crippen molar-refractivity contribution in [2.24, 2.45) is 30.7 Å². The van der Waals surface area contributed by atoms with Crippen LogP contribution in [0.3, 0.4) is 0 Å². The van der Waals surface area contributed by atoms with Crippen molar-refractivity contribution in [1.82, 2.24) is 39.5 Å². The van der Waals surface area contributed by atoms with E-state index in [2.05, 4.69) is 57.1 Å². The number of para-hydroxylation sites is 2. The molecule has 6 unspecified atom stereocenters. The number of nitrogens with zero attached hydrogens (tertiary/aromatic N) is 7. The second-order valence-corrected chi connectivity index (χ2v) is 17.7. The van der Waals surface area contributed by atoms with E-state index in [4.69, 9.17) is 9.97 Å². The van der Waals surface area contributed by atoms with Crippen LogP contribution in [0.5, 0.6) is 0 Å². The van der Waals surface area contributed by atoms with Gasteiger partial charge in [0.25, 0.3) is 0 Å². The van der Waals surface area contributed by atoms with E-state index in [0.29, 0.717) is 19.1 Å². The molecule has 63 heavy (non-hydrogen) atoms. The average Bonchev–Trinajstić information content (AvgIpc) is 3.87. The van der Waals surface area contributed by atoms with Crippen LogP contribution in [0.15, 0.2) is 110 Å². The van der Waals surface area contributed by atoms with Crippen LogP contribution in [0.25, 0.3) is 11.0 Å². The van der Waals surface area contributed by atoms with Crippen molar-refractivity contribution in [3.8, 4) is 0 Å². The van der Waals surface area contributed by atoms with Gasteiger partial charge in [-0.3, -0.25) is 43.8 Å². The normalized spacial score (nSPS) is 24.5. The molecule has 4 amide bonds. The fraction of sp³-hybridized carbons (Fsp3) is 0.431. The van der Waals surface area contributed by atoms with Crippen molar-refractivity contribution in [3.05, 3.63) is 138 Å². The number of hydrogen-bond donors (Lipinski definition) is 1. The number of rotatable bonds is 14. The number of aryl methyl sites for hydroxylation is 3. The largest absolute Gasteiger partial charge is 0.330 e. The quantitative estimate of drug-likeness (QED) is 0.106. The third-order valence-electron chi connectivity index (χ3n) is 13.8. The fourth-order valence-corrected chi connectivity index (χ4v) is 10.4. The number of hydrogen-bond acceptors (Lipinski definition) is 9. The summed E-state index contributed by atoms with van der Waals surface area (Å²) in [6.07, 6.45) is 28.8. The fourth-order valence-electron chi connectivity index (χ4n) is 10.4. The van der Waals surface area contributed by atoms with E-state index in [-0.39, 0.29) is 53.3 Å². The summed E-state index contributed by atoms with van der Waals surface area (Å²) in [5.41, 5.74) is 7.21. The molecule has 10 rings (SSSR count). The standard InChI is InChI=1S/C30H33N5O2.C21H25N3O2/c1-33-25-15-5-4-14-24(25)32-27(33)20-34(26-16-8-10-21-11-9-17-31-28(21)26)18-6-7-19-35-29(36)22-12-2-3-13-23(22)30(35)37;25-20-16-9-1-2-10-17(16)21(26)24(20)14-4-3-12-22-18-11-5-7-15-8-6-13-23-19(15)18/h2-5,9,11-15,17,22-23,26H,6-8,10,16,18-20H2,1H3;1-2,6,8-10,13,16-18,22H,3-5,7,11-12,14H2. The summed E-state index contributed by atoms with van der Waals surface area (Å²) < 4.78 is 2.19. The number of carbonyl (C=O) groups excluding carboxylic acids is 4. The minimum atomic E-state index is -0.323. The lowest BCUT2D eigenvalue weighted by Crippen LogP contribution is -2.35. The summed E-state index contributed by atoms with van der Waals surface area (Å²) in [6.45, 7) is 3.46. The zero-order chi connectivity index (χ0) is 43.3. The highest BCUT2D eigenvalue weighted by Gasteiger charge is 2.46. The first kappa shape index (κ1) is 42.5. The van der Waals surface area contributed by atoms with Gasteiger partial charge in [0.15, 0.2) is 0 Å². The highest BCUT2D eigenvalue weighted by Crippen LogP contribution is 2.36. The number of fused-ring (bicyclic) bond motifs is 5. The Bertz CT molecular complexity index is 2410. The van der Waals surface area contributed by atoms with Crippen molar-refractivity contribution in [2.75, 3.05) is 26.2 Å². The molecule has 1 N–H and O–H groups in total. The molecule has 2 saturated heterocycles. The predicted molar refractivity (Wildman–Crippen MR) is 241 cm³/mol. The Morgan fingerprint density at radius 1 is 0.651 bits per heavy atom. The zero-order valence-corrected chi connectivity index (χ0v) is 36.2. The van der Waals surface area contributed by atoms with E-state index in [9.17, 15) is 19.2 Å². The second-order valence-electron chi connectivity index (χ2n) is 17.7. The lowest BCUT2D eigenvalue weighted by atomic mass is 9.90. The van der Waals surface area contributed by atoms with Gasteiger partial charge in [0.05, 0.1) is 58.7 Å². The van der Waals surface area contributed by atoms with E-state index >= 15 is 0 Å². The lowest BCUT2D eigenvalue weighted by Gasteiger charge is -2.35. The van der Waals surface area contributed by atoms with Crippen LogP contribution in [0.1, 0.15) is 91.8 Å². The number of imidazole rings is 1. The van der Waals surface area contributed by atoms with Gasteiger partial charge in [-0.25, -0.2) is 4.98 Å². The Hall–Kier alpha value is -5.85. The van der Waals surface area contributed by atoms with Crippen molar-refractivity contribution in [2.45, 2.75) is 82.8 Å². The van der Waals surface area contributed by atoms with Crippen LogP contribution in [0, 0.1) is 23.7 Å². The zero-order valence-electron chi connectivity index (χ0n) is 36.2. The molecule has 0 spiro atoms. The molecule has 6 atom stereocenters. The van der Waals surface area contributed by atoms with Crippen LogP contribution in [-0.2, 0) is 45.6 Å². The average molecular weight is 847 g/mol. The van der Waals surface area contributed by atoms with Gasteiger partial charge in [-0.1, -0.05) is 72.9 Å². The van der Waals surface area contributed by atoms with Gasteiger partial charge in [0, 0.05) is 38.6 Å². The van der Waals surface area contributed by atoms with E-state index in [1.807, 2.05) is 79.2 Å². The highest BCUT2D eigenvalue weighted by molar-refractivity contribution is 6.07. The van der Waals surface area contributed by atoms with Crippen LogP contribution >= 0.6 is 0 Å². The molecule has 326 valence electrons. The molecule has 6 aliphatic rings. The maximum Gasteiger partial charge on any atom is 0.237 e. The van der Waals surface area contributed by atoms with E-state index in [1.165, 1.54) is 38.7 Å². The van der Waals surface area contributed by atoms with E-state index in [1.54, 1.807) is 0 Å². The summed E-state index contributed by atoms with van der Waals surface area (Å²) in [6, 6.07) is 17.2. The van der Waals surface area contributed by atoms with Crippen molar-refractivity contribution < 1.29 is 19.2 Å². The molecular formula is C51H58N8O4. The number of nitrogens with one attached hydrogen (secondary N) is 1. The van der Waals surface area contributed by atoms with Gasteiger partial charge < -0.3 is 9.88 Å². The molecule has 12 nitrogen and oxygen atoms in total. The summed E-state index contributed by atoms with van der Waals surface area (Å²) in [4.78, 5) is 70.2. The Morgan fingerprint density at radius 2 is 1.21 bits per heavy atom. The lowest BCUT2D eigenvalue weighted by molar-refractivity contribution is -0.141. The predicted octanol–water partition coefficient (Wildman–Crippen LogP) is 6.91. The van der Waals surface area contributed by atoms with Crippen molar-refractivity contribution in [3.63, 3.8) is 0 Å². The third kappa shape index (κ3) is 8.88. The number of carbonyl (C=O) groups is 4. The molecule has 5 heterocycles. The van der Waals surface area contributed by atoms with Crippen LogP contribution in [-0.4, -0.2) is 84.0 Å². The molecular weight excluding hydrogens is 789 g/mol. The van der Waals surface area contributed by atoms with E-state index < -0.39 is 0 Å². The molecule has 4 aliphatic carbocycles. The molecule has 12 heteroatoms. The molecule has 0 bridgehead atoms. The molecule has 2 fully saturated rings. The number of unbranched alkanes of at least 4 members (excludes halogenated alkanes) is 2. The Balaban J connectivity index is 0.000000170. The van der Waals surface area contributed by atoms with Crippen molar-refractivity contribution in [1.29, 1.82) is 0 Å². The molecule has 2 aliphatic heterocycles. The number of amides is 4. The smallest absolute Gasteiger partial charge is 0.237 e. The molecule has 3 aromatic heterocycles. The summed E-state index contributed by atoms with van der Waals surface area (Å²) >= 11 is 0. The van der Waals surface area contributed by atoms with Crippen LogP contribution in [0.2, 0.25) is 0 Å². The first-order valence-corrected chi connectivity index (χ1v) is 23.0. The van der Waals surface area contributed by atoms with E-state index in [0.717, 1.165) is 94.3 Å². The third-order valence-corrected chi connectivity index (χ3v) is 13.8. The number of likely N-dealkylation sites (tertiary alicyclic amines) is 2.